The first-order valence-corrected chi connectivity index (χ1v) is 9.80. The smallest absolute Gasteiger partial charge is 0.338 e. The number of carbonyl (C=O) groups is 1. The van der Waals surface area contributed by atoms with Crippen LogP contribution in [0.25, 0.3) is 5.69 Å². The Bertz CT molecular complexity index is 1010. The number of aromatic nitrogens is 2. The highest BCUT2D eigenvalue weighted by molar-refractivity contribution is 7.80. The fourth-order valence-electron chi connectivity index (χ4n) is 2.87. The maximum Gasteiger partial charge on any atom is 0.338 e. The fraction of sp³-hybridized carbons (Fsp3) is 0.227. The molecule has 3 rings (SSSR count). The summed E-state index contributed by atoms with van der Waals surface area (Å²) in [6, 6.07) is 13.6. The summed E-state index contributed by atoms with van der Waals surface area (Å²) in [5.74, 6) is 0.601. The number of imidazole rings is 1. The van der Waals surface area contributed by atoms with Crippen LogP contribution in [0.15, 0.2) is 54.9 Å². The molecule has 0 aliphatic carbocycles. The molecule has 0 atom stereocenters. The van der Waals surface area contributed by atoms with Crippen LogP contribution in [0.1, 0.15) is 34.2 Å². The zero-order valence-corrected chi connectivity index (χ0v) is 17.5. The second kappa shape index (κ2) is 9.34. The topological polar surface area (TPSA) is 68.2 Å². The van der Waals surface area contributed by atoms with Crippen molar-refractivity contribution in [3.63, 3.8) is 0 Å². The SMILES string of the molecule is CCOC(=O)c1ccc(C)c(NC(=S)NCc2ccc(-n3ccnc3C)cc2)c1. The van der Waals surface area contributed by atoms with E-state index in [9.17, 15) is 4.79 Å². The van der Waals surface area contributed by atoms with Crippen molar-refractivity contribution >= 4 is 29.0 Å². The van der Waals surface area contributed by atoms with Gasteiger partial charge in [-0.05, 0) is 68.4 Å². The summed E-state index contributed by atoms with van der Waals surface area (Å²) in [4.78, 5) is 16.2. The normalized spacial score (nSPS) is 10.4. The number of nitrogens with one attached hydrogen (secondary N) is 2. The number of hydrogen-bond donors (Lipinski definition) is 2. The van der Waals surface area contributed by atoms with Gasteiger partial charge in [-0.1, -0.05) is 18.2 Å². The van der Waals surface area contributed by atoms with Crippen LogP contribution in [-0.2, 0) is 11.3 Å². The van der Waals surface area contributed by atoms with Crippen LogP contribution < -0.4 is 10.6 Å². The van der Waals surface area contributed by atoms with Gasteiger partial charge in [-0.3, -0.25) is 0 Å². The standard InChI is InChI=1S/C22H24N4O2S/c1-4-28-21(27)18-8-5-15(2)20(13-18)25-22(29)24-14-17-6-9-19(10-7-17)26-12-11-23-16(26)3/h5-13H,4,14H2,1-3H3,(H2,24,25,29). The number of rotatable bonds is 6. The van der Waals surface area contributed by atoms with Crippen LogP contribution in [0.5, 0.6) is 0 Å². The Labute approximate surface area is 175 Å². The van der Waals surface area contributed by atoms with Gasteiger partial charge < -0.3 is 19.9 Å². The quantitative estimate of drug-likeness (QED) is 0.472. The Balaban J connectivity index is 1.59. The molecule has 3 aromatic rings. The molecule has 2 N–H and O–H groups in total. The zero-order valence-electron chi connectivity index (χ0n) is 16.7. The van der Waals surface area contributed by atoms with E-state index in [4.69, 9.17) is 17.0 Å². The number of nitrogens with zero attached hydrogens (tertiary/aromatic N) is 2. The van der Waals surface area contributed by atoms with E-state index in [1.807, 2.05) is 30.7 Å². The van der Waals surface area contributed by atoms with Crippen molar-refractivity contribution in [2.75, 3.05) is 11.9 Å². The number of benzene rings is 2. The van der Waals surface area contributed by atoms with E-state index in [-0.39, 0.29) is 5.97 Å². The third kappa shape index (κ3) is 5.20. The molecule has 0 radical (unpaired) electrons. The van der Waals surface area contributed by atoms with Gasteiger partial charge >= 0.3 is 5.97 Å². The summed E-state index contributed by atoms with van der Waals surface area (Å²) in [7, 11) is 0. The molecule has 0 aliphatic rings. The van der Waals surface area contributed by atoms with E-state index < -0.39 is 0 Å². The van der Waals surface area contributed by atoms with Crippen LogP contribution in [-0.4, -0.2) is 27.2 Å². The highest BCUT2D eigenvalue weighted by Crippen LogP contribution is 2.18. The van der Waals surface area contributed by atoms with E-state index in [1.165, 1.54) is 0 Å². The highest BCUT2D eigenvalue weighted by Gasteiger charge is 2.10. The van der Waals surface area contributed by atoms with Crippen LogP contribution >= 0.6 is 12.2 Å². The first-order valence-electron chi connectivity index (χ1n) is 9.40. The molecule has 0 amide bonds. The number of hydrogen-bond acceptors (Lipinski definition) is 4. The average molecular weight is 409 g/mol. The van der Waals surface area contributed by atoms with Gasteiger partial charge in [0.25, 0.3) is 0 Å². The van der Waals surface area contributed by atoms with Gasteiger partial charge in [0.2, 0.25) is 0 Å². The molecule has 0 saturated heterocycles. The molecule has 2 aromatic carbocycles. The Morgan fingerprint density at radius 1 is 1.17 bits per heavy atom. The first kappa shape index (κ1) is 20.5. The van der Waals surface area contributed by atoms with Crippen LogP contribution in [0.3, 0.4) is 0 Å². The molecule has 29 heavy (non-hydrogen) atoms. The Morgan fingerprint density at radius 3 is 2.59 bits per heavy atom. The van der Waals surface area contributed by atoms with E-state index in [2.05, 4.69) is 39.9 Å². The number of anilines is 1. The van der Waals surface area contributed by atoms with Crippen molar-refractivity contribution in [2.45, 2.75) is 27.3 Å². The van der Waals surface area contributed by atoms with Gasteiger partial charge in [0.05, 0.1) is 12.2 Å². The summed E-state index contributed by atoms with van der Waals surface area (Å²) < 4.78 is 7.09. The fourth-order valence-corrected chi connectivity index (χ4v) is 3.05. The zero-order chi connectivity index (χ0) is 20.8. The maximum atomic E-state index is 11.9. The highest BCUT2D eigenvalue weighted by atomic mass is 32.1. The number of thiocarbonyl (C=S) groups is 1. The summed E-state index contributed by atoms with van der Waals surface area (Å²) in [6.45, 7) is 6.64. The van der Waals surface area contributed by atoms with Gasteiger partial charge in [0.15, 0.2) is 5.11 Å². The lowest BCUT2D eigenvalue weighted by Crippen LogP contribution is -2.28. The van der Waals surface area contributed by atoms with Gasteiger partial charge in [-0.25, -0.2) is 9.78 Å². The number of aryl methyl sites for hydroxylation is 2. The van der Waals surface area contributed by atoms with Crippen molar-refractivity contribution in [3.05, 3.63) is 77.4 Å². The maximum absolute atomic E-state index is 11.9. The first-order chi connectivity index (χ1) is 14.0. The average Bonchev–Trinajstić information content (AvgIpc) is 3.14. The molecular formula is C22H24N4O2S. The van der Waals surface area contributed by atoms with Crippen molar-refractivity contribution in [1.29, 1.82) is 0 Å². The molecule has 150 valence electrons. The number of carbonyl (C=O) groups excluding carboxylic acids is 1. The van der Waals surface area contributed by atoms with Crippen molar-refractivity contribution in [3.8, 4) is 5.69 Å². The minimum Gasteiger partial charge on any atom is -0.462 e. The van der Waals surface area contributed by atoms with Gasteiger partial charge in [-0.2, -0.15) is 0 Å². The molecule has 7 heteroatoms. The molecule has 0 unspecified atom stereocenters. The minimum atomic E-state index is -0.345. The lowest BCUT2D eigenvalue weighted by atomic mass is 10.1. The Morgan fingerprint density at radius 2 is 1.93 bits per heavy atom. The molecule has 1 heterocycles. The molecule has 6 nitrogen and oxygen atoms in total. The largest absolute Gasteiger partial charge is 0.462 e. The Hall–Kier alpha value is -3.19. The molecule has 0 fully saturated rings. The van der Waals surface area contributed by atoms with E-state index in [0.29, 0.717) is 23.8 Å². The van der Waals surface area contributed by atoms with Crippen LogP contribution in [0.4, 0.5) is 5.69 Å². The van der Waals surface area contributed by atoms with Crippen molar-refractivity contribution in [2.24, 2.45) is 0 Å². The third-order valence-corrected chi connectivity index (χ3v) is 4.74. The van der Waals surface area contributed by atoms with Crippen LogP contribution in [0.2, 0.25) is 0 Å². The number of ether oxygens (including phenoxy) is 1. The van der Waals surface area contributed by atoms with Gasteiger partial charge in [0, 0.05) is 30.3 Å². The molecule has 1 aromatic heterocycles. The predicted octanol–water partition coefficient (Wildman–Crippen LogP) is 4.15. The second-order valence-corrected chi connectivity index (χ2v) is 6.98. The van der Waals surface area contributed by atoms with Gasteiger partial charge in [-0.15, -0.1) is 0 Å². The van der Waals surface area contributed by atoms with Crippen LogP contribution in [0, 0.1) is 13.8 Å². The molecule has 0 spiro atoms. The van der Waals surface area contributed by atoms with Crippen molar-refractivity contribution in [1.82, 2.24) is 14.9 Å². The molecule has 0 aliphatic heterocycles. The van der Waals surface area contributed by atoms with E-state index >= 15 is 0 Å². The summed E-state index contributed by atoms with van der Waals surface area (Å²) in [5, 5.41) is 6.85. The monoisotopic (exact) mass is 408 g/mol. The van der Waals surface area contributed by atoms with E-state index in [0.717, 1.165) is 28.3 Å². The predicted molar refractivity (Wildman–Crippen MR) is 118 cm³/mol. The lowest BCUT2D eigenvalue weighted by molar-refractivity contribution is 0.0526. The minimum absolute atomic E-state index is 0.342. The Kier molecular flexibility index (Phi) is 6.61. The van der Waals surface area contributed by atoms with Gasteiger partial charge in [0.1, 0.15) is 5.82 Å². The summed E-state index contributed by atoms with van der Waals surface area (Å²) in [5.41, 5.74) is 4.43. The number of esters is 1. The van der Waals surface area contributed by atoms with E-state index in [1.54, 1.807) is 25.3 Å². The molecular weight excluding hydrogens is 384 g/mol. The second-order valence-electron chi connectivity index (χ2n) is 6.57. The third-order valence-electron chi connectivity index (χ3n) is 4.49. The summed E-state index contributed by atoms with van der Waals surface area (Å²) in [6.07, 6.45) is 3.72. The lowest BCUT2D eigenvalue weighted by Gasteiger charge is -2.14. The molecule has 0 bridgehead atoms. The summed E-state index contributed by atoms with van der Waals surface area (Å²) >= 11 is 5.41. The van der Waals surface area contributed by atoms with Crippen molar-refractivity contribution < 1.29 is 9.53 Å². The molecule has 0 saturated carbocycles.